The minimum Gasteiger partial charge on any atom is -0.496 e. The molecule has 0 saturated carbocycles. The first-order valence-corrected chi connectivity index (χ1v) is 5.06. The first kappa shape index (κ1) is 11.7. The third-order valence-corrected chi connectivity index (χ3v) is 2.85. The van der Waals surface area contributed by atoms with Crippen LogP contribution in [0.1, 0.15) is 30.5 Å². The number of terminal acetylenes is 1. The monoisotopic (exact) mass is 202 g/mol. The average Bonchev–Trinajstić information content (AvgIpc) is 2.21. The summed E-state index contributed by atoms with van der Waals surface area (Å²) in [6.07, 6.45) is 5.54. The molecule has 1 aromatic rings. The van der Waals surface area contributed by atoms with E-state index in [0.717, 1.165) is 11.3 Å². The fraction of sp³-hybridized carbons (Fsp3) is 0.429. The summed E-state index contributed by atoms with van der Waals surface area (Å²) in [5.41, 5.74) is 3.26. The van der Waals surface area contributed by atoms with Crippen LogP contribution in [0.25, 0.3) is 0 Å². The van der Waals surface area contributed by atoms with E-state index >= 15 is 0 Å². The van der Waals surface area contributed by atoms with Crippen molar-refractivity contribution >= 4 is 0 Å². The molecule has 0 atom stereocenters. The van der Waals surface area contributed by atoms with Crippen LogP contribution in [-0.4, -0.2) is 7.11 Å². The highest BCUT2D eigenvalue weighted by Crippen LogP contribution is 2.33. The van der Waals surface area contributed by atoms with Gasteiger partial charge in [0.1, 0.15) is 5.75 Å². The molecule has 1 heteroatoms. The van der Waals surface area contributed by atoms with Gasteiger partial charge in [0.25, 0.3) is 0 Å². The van der Waals surface area contributed by atoms with Gasteiger partial charge in [0.15, 0.2) is 0 Å². The minimum atomic E-state index is -0.288. The lowest BCUT2D eigenvalue weighted by molar-refractivity contribution is 0.402. The number of rotatable bonds is 2. The second-order valence-electron chi connectivity index (χ2n) is 4.41. The number of benzene rings is 1. The Hall–Kier alpha value is -1.42. The predicted molar refractivity (Wildman–Crippen MR) is 64.3 cm³/mol. The van der Waals surface area contributed by atoms with Crippen LogP contribution >= 0.6 is 0 Å². The third kappa shape index (κ3) is 2.15. The zero-order chi connectivity index (χ0) is 11.6. The van der Waals surface area contributed by atoms with Gasteiger partial charge in [0.2, 0.25) is 0 Å². The minimum absolute atomic E-state index is 0.288. The number of hydrogen-bond acceptors (Lipinski definition) is 1. The molecule has 1 nitrogen and oxygen atoms in total. The second kappa shape index (κ2) is 3.98. The van der Waals surface area contributed by atoms with Gasteiger partial charge < -0.3 is 4.74 Å². The SMILES string of the molecule is C#CC(C)(C)c1cc(C)c(C)cc1OC. The Morgan fingerprint density at radius 2 is 1.73 bits per heavy atom. The molecule has 0 spiro atoms. The van der Waals surface area contributed by atoms with Crippen molar-refractivity contribution in [1.82, 2.24) is 0 Å². The topological polar surface area (TPSA) is 9.23 Å². The quantitative estimate of drug-likeness (QED) is 0.669. The zero-order valence-corrected chi connectivity index (χ0v) is 10.1. The molecule has 0 bridgehead atoms. The molecule has 0 saturated heterocycles. The van der Waals surface area contributed by atoms with Gasteiger partial charge in [0, 0.05) is 5.56 Å². The fourth-order valence-electron chi connectivity index (χ4n) is 1.52. The van der Waals surface area contributed by atoms with E-state index in [-0.39, 0.29) is 5.41 Å². The van der Waals surface area contributed by atoms with Gasteiger partial charge in [-0.25, -0.2) is 0 Å². The number of ether oxygens (including phenoxy) is 1. The highest BCUT2D eigenvalue weighted by Gasteiger charge is 2.22. The summed E-state index contributed by atoms with van der Waals surface area (Å²) >= 11 is 0. The first-order chi connectivity index (χ1) is 6.92. The summed E-state index contributed by atoms with van der Waals surface area (Å²) in [5, 5.41) is 0. The van der Waals surface area contributed by atoms with Crippen LogP contribution in [-0.2, 0) is 5.41 Å². The lowest BCUT2D eigenvalue weighted by Gasteiger charge is -2.22. The Bertz CT molecular complexity index is 408. The molecule has 0 amide bonds. The molecule has 0 radical (unpaired) electrons. The predicted octanol–water partition coefficient (Wildman–Crippen LogP) is 3.22. The lowest BCUT2D eigenvalue weighted by Crippen LogP contribution is -2.15. The molecule has 0 aliphatic rings. The van der Waals surface area contributed by atoms with Gasteiger partial charge in [-0.1, -0.05) is 12.0 Å². The molecule has 0 unspecified atom stereocenters. The summed E-state index contributed by atoms with van der Waals surface area (Å²) in [7, 11) is 1.68. The highest BCUT2D eigenvalue weighted by atomic mass is 16.5. The average molecular weight is 202 g/mol. The van der Waals surface area contributed by atoms with Gasteiger partial charge in [-0.3, -0.25) is 0 Å². The maximum atomic E-state index is 5.54. The van der Waals surface area contributed by atoms with E-state index in [2.05, 4.69) is 25.8 Å². The van der Waals surface area contributed by atoms with E-state index in [1.807, 2.05) is 19.9 Å². The zero-order valence-electron chi connectivity index (χ0n) is 10.1. The second-order valence-corrected chi connectivity index (χ2v) is 4.41. The molecule has 15 heavy (non-hydrogen) atoms. The van der Waals surface area contributed by atoms with Crippen LogP contribution in [0.15, 0.2) is 12.1 Å². The van der Waals surface area contributed by atoms with E-state index < -0.39 is 0 Å². The van der Waals surface area contributed by atoms with E-state index in [1.165, 1.54) is 11.1 Å². The molecule has 0 aromatic heterocycles. The van der Waals surface area contributed by atoms with Gasteiger partial charge in [-0.15, -0.1) is 6.42 Å². The van der Waals surface area contributed by atoms with Crippen molar-refractivity contribution in [2.75, 3.05) is 7.11 Å². The van der Waals surface area contributed by atoms with Gasteiger partial charge in [0.05, 0.1) is 12.5 Å². The van der Waals surface area contributed by atoms with Crippen LogP contribution in [0.3, 0.4) is 0 Å². The van der Waals surface area contributed by atoms with Crippen molar-refractivity contribution in [3.8, 4) is 18.1 Å². The maximum Gasteiger partial charge on any atom is 0.123 e. The lowest BCUT2D eigenvalue weighted by atomic mass is 9.83. The van der Waals surface area contributed by atoms with E-state index in [1.54, 1.807) is 7.11 Å². The standard InChI is InChI=1S/C14H18O/c1-7-14(4,5)12-8-10(2)11(3)9-13(12)15-6/h1,8-9H,2-6H3. The first-order valence-electron chi connectivity index (χ1n) is 5.06. The Morgan fingerprint density at radius 1 is 1.20 bits per heavy atom. The van der Waals surface area contributed by atoms with Crippen molar-refractivity contribution in [2.45, 2.75) is 33.1 Å². The number of aryl methyl sites for hydroxylation is 2. The summed E-state index contributed by atoms with van der Waals surface area (Å²) in [4.78, 5) is 0. The Kier molecular flexibility index (Phi) is 3.09. The Morgan fingerprint density at radius 3 is 2.20 bits per heavy atom. The third-order valence-electron chi connectivity index (χ3n) is 2.85. The summed E-state index contributed by atoms with van der Waals surface area (Å²) in [6, 6.07) is 4.16. The van der Waals surface area contributed by atoms with Crippen molar-refractivity contribution in [1.29, 1.82) is 0 Å². The van der Waals surface area contributed by atoms with E-state index in [4.69, 9.17) is 11.2 Å². The summed E-state index contributed by atoms with van der Waals surface area (Å²) < 4.78 is 5.37. The van der Waals surface area contributed by atoms with Crippen molar-refractivity contribution < 1.29 is 4.74 Å². The van der Waals surface area contributed by atoms with E-state index in [9.17, 15) is 0 Å². The fourth-order valence-corrected chi connectivity index (χ4v) is 1.52. The van der Waals surface area contributed by atoms with Crippen molar-refractivity contribution in [2.24, 2.45) is 0 Å². The largest absolute Gasteiger partial charge is 0.496 e. The molecule has 0 N–H and O–H groups in total. The molecule has 80 valence electrons. The smallest absolute Gasteiger partial charge is 0.123 e. The number of hydrogen-bond donors (Lipinski definition) is 0. The molecule has 0 aliphatic heterocycles. The molecule has 1 aromatic carbocycles. The van der Waals surface area contributed by atoms with Crippen LogP contribution in [0.5, 0.6) is 5.75 Å². The van der Waals surface area contributed by atoms with Gasteiger partial charge in [-0.05, 0) is 44.9 Å². The molecule has 0 heterocycles. The van der Waals surface area contributed by atoms with E-state index in [0.29, 0.717) is 0 Å². The molecule has 0 fully saturated rings. The normalized spacial score (nSPS) is 10.9. The summed E-state index contributed by atoms with van der Waals surface area (Å²) in [5.74, 6) is 3.67. The summed E-state index contributed by atoms with van der Waals surface area (Å²) in [6.45, 7) is 8.22. The van der Waals surface area contributed by atoms with Gasteiger partial charge >= 0.3 is 0 Å². The van der Waals surface area contributed by atoms with Crippen LogP contribution in [0, 0.1) is 26.2 Å². The van der Waals surface area contributed by atoms with Crippen LogP contribution in [0.2, 0.25) is 0 Å². The van der Waals surface area contributed by atoms with Crippen molar-refractivity contribution in [3.05, 3.63) is 28.8 Å². The Labute approximate surface area is 92.5 Å². The molecular formula is C14H18O. The molecular weight excluding hydrogens is 184 g/mol. The molecule has 0 aliphatic carbocycles. The van der Waals surface area contributed by atoms with Crippen molar-refractivity contribution in [3.63, 3.8) is 0 Å². The van der Waals surface area contributed by atoms with Crippen LogP contribution < -0.4 is 4.74 Å². The maximum absolute atomic E-state index is 5.54. The van der Waals surface area contributed by atoms with Gasteiger partial charge in [-0.2, -0.15) is 0 Å². The highest BCUT2D eigenvalue weighted by molar-refractivity contribution is 5.48. The Balaban J connectivity index is 3.42. The number of methoxy groups -OCH3 is 1. The van der Waals surface area contributed by atoms with Crippen LogP contribution in [0.4, 0.5) is 0 Å². The molecule has 1 rings (SSSR count).